The minimum Gasteiger partial charge on any atom is -0.465 e. The van der Waals surface area contributed by atoms with Crippen LogP contribution in [0.3, 0.4) is 0 Å². The van der Waals surface area contributed by atoms with Crippen LogP contribution >= 0.6 is 0 Å². The minimum atomic E-state index is -0.839. The molecule has 2 aliphatic rings. The summed E-state index contributed by atoms with van der Waals surface area (Å²) >= 11 is 0. The molecule has 2 unspecified atom stereocenters. The van der Waals surface area contributed by atoms with Crippen molar-refractivity contribution in [1.29, 1.82) is 0 Å². The number of carbonyl (C=O) groups excluding carboxylic acids is 1. The quantitative estimate of drug-likeness (QED) is 0.732. The molecule has 1 fully saturated rings. The Balaban J connectivity index is 2.44. The number of carbonyl (C=O) groups is 2. The number of likely N-dealkylation sites (tertiary alicyclic amines) is 1. The summed E-state index contributed by atoms with van der Waals surface area (Å²) < 4.78 is 0. The van der Waals surface area contributed by atoms with Crippen molar-refractivity contribution in [3.8, 4) is 0 Å². The zero-order chi connectivity index (χ0) is 14.4. The average molecular weight is 265 g/mol. The van der Waals surface area contributed by atoms with E-state index in [0.717, 1.165) is 12.0 Å². The van der Waals surface area contributed by atoms with Crippen molar-refractivity contribution in [1.82, 2.24) is 4.90 Å². The summed E-state index contributed by atoms with van der Waals surface area (Å²) in [6.45, 7) is 8.67. The maximum atomic E-state index is 11.8. The second-order valence-electron chi connectivity index (χ2n) is 6.76. The van der Waals surface area contributed by atoms with Gasteiger partial charge in [0.1, 0.15) is 0 Å². The molecular weight excluding hydrogens is 242 g/mol. The van der Waals surface area contributed by atoms with Gasteiger partial charge in [0.25, 0.3) is 0 Å². The van der Waals surface area contributed by atoms with E-state index in [2.05, 4.69) is 20.8 Å². The Morgan fingerprint density at radius 2 is 1.95 bits per heavy atom. The summed E-state index contributed by atoms with van der Waals surface area (Å²) in [4.78, 5) is 24.9. The predicted molar refractivity (Wildman–Crippen MR) is 73.0 cm³/mol. The van der Waals surface area contributed by atoms with Crippen molar-refractivity contribution in [3.63, 3.8) is 0 Å². The zero-order valence-electron chi connectivity index (χ0n) is 12.2. The first-order chi connectivity index (χ1) is 8.73. The van der Waals surface area contributed by atoms with Crippen LogP contribution in [0, 0.1) is 11.3 Å². The highest BCUT2D eigenvalue weighted by Gasteiger charge is 2.45. The monoisotopic (exact) mass is 265 g/mol. The number of rotatable bonds is 0. The highest BCUT2D eigenvalue weighted by molar-refractivity contribution is 5.96. The first kappa shape index (κ1) is 14.1. The van der Waals surface area contributed by atoms with E-state index in [1.165, 1.54) is 5.57 Å². The number of piperidine rings is 1. The second-order valence-corrected chi connectivity index (χ2v) is 6.76. The molecule has 1 heterocycles. The van der Waals surface area contributed by atoms with Gasteiger partial charge in [-0.25, -0.2) is 4.79 Å². The Morgan fingerprint density at radius 1 is 1.32 bits per heavy atom. The maximum Gasteiger partial charge on any atom is 0.407 e. The molecule has 0 aromatic rings. The van der Waals surface area contributed by atoms with Gasteiger partial charge in [0.05, 0.1) is 0 Å². The van der Waals surface area contributed by atoms with Gasteiger partial charge in [0, 0.05) is 24.9 Å². The van der Waals surface area contributed by atoms with Crippen LogP contribution in [-0.2, 0) is 4.79 Å². The van der Waals surface area contributed by atoms with Crippen molar-refractivity contribution in [2.45, 2.75) is 53.0 Å². The molecule has 0 radical (unpaired) electrons. The summed E-state index contributed by atoms with van der Waals surface area (Å²) in [6.07, 6.45) is 1.21. The fourth-order valence-corrected chi connectivity index (χ4v) is 3.71. The van der Waals surface area contributed by atoms with E-state index < -0.39 is 6.09 Å². The van der Waals surface area contributed by atoms with Crippen LogP contribution in [0.5, 0.6) is 0 Å². The SMILES string of the molecule is CC1=C2CCN(C(=O)O)C(C(C)(C)C)C2CCC1=O. The number of carboxylic acid groups (broad SMARTS) is 1. The van der Waals surface area contributed by atoms with Gasteiger partial charge in [-0.1, -0.05) is 26.3 Å². The Morgan fingerprint density at radius 3 is 2.47 bits per heavy atom. The van der Waals surface area contributed by atoms with Crippen LogP contribution in [-0.4, -0.2) is 34.5 Å². The molecule has 1 N–H and O–H groups in total. The van der Waals surface area contributed by atoms with E-state index in [0.29, 0.717) is 19.4 Å². The van der Waals surface area contributed by atoms with E-state index in [4.69, 9.17) is 0 Å². The third-order valence-electron chi connectivity index (χ3n) is 4.50. The number of Topliss-reactive ketones (excluding diaryl/α,β-unsaturated/α-hetero) is 1. The molecule has 19 heavy (non-hydrogen) atoms. The Labute approximate surface area is 114 Å². The smallest absolute Gasteiger partial charge is 0.407 e. The molecule has 4 heteroatoms. The van der Waals surface area contributed by atoms with E-state index in [-0.39, 0.29) is 23.2 Å². The highest BCUT2D eigenvalue weighted by Crippen LogP contribution is 2.44. The highest BCUT2D eigenvalue weighted by atomic mass is 16.4. The molecule has 0 aromatic carbocycles. The summed E-state index contributed by atoms with van der Waals surface area (Å²) in [6, 6.07) is -0.0307. The lowest BCUT2D eigenvalue weighted by Crippen LogP contribution is -2.55. The lowest BCUT2D eigenvalue weighted by molar-refractivity contribution is -0.116. The molecule has 2 atom stereocenters. The fourth-order valence-electron chi connectivity index (χ4n) is 3.71. The average Bonchev–Trinajstić information content (AvgIpc) is 2.31. The Hall–Kier alpha value is -1.32. The minimum absolute atomic E-state index is 0.0307. The molecule has 1 amide bonds. The summed E-state index contributed by atoms with van der Waals surface area (Å²) in [5, 5.41) is 9.42. The van der Waals surface area contributed by atoms with Gasteiger partial charge in [-0.2, -0.15) is 0 Å². The van der Waals surface area contributed by atoms with Gasteiger partial charge in [-0.3, -0.25) is 4.79 Å². The molecular formula is C15H23NO3. The van der Waals surface area contributed by atoms with Crippen LogP contribution in [0.25, 0.3) is 0 Å². The standard InChI is InChI=1S/C15H23NO3/c1-9-10-7-8-16(14(18)19)13(15(2,3)4)11(10)5-6-12(9)17/h11,13H,5-8H2,1-4H3,(H,18,19). The van der Waals surface area contributed by atoms with Gasteiger partial charge in [0.15, 0.2) is 5.78 Å². The van der Waals surface area contributed by atoms with E-state index >= 15 is 0 Å². The molecule has 0 bridgehead atoms. The maximum absolute atomic E-state index is 11.8. The lowest BCUT2D eigenvalue weighted by Gasteiger charge is -2.49. The molecule has 1 aliphatic carbocycles. The molecule has 1 saturated heterocycles. The number of hydrogen-bond acceptors (Lipinski definition) is 2. The third kappa shape index (κ3) is 2.40. The molecule has 4 nitrogen and oxygen atoms in total. The lowest BCUT2D eigenvalue weighted by atomic mass is 9.67. The summed E-state index contributed by atoms with van der Waals surface area (Å²) in [5.74, 6) is 0.449. The summed E-state index contributed by atoms with van der Waals surface area (Å²) in [7, 11) is 0. The van der Waals surface area contributed by atoms with Crippen molar-refractivity contribution in [2.24, 2.45) is 11.3 Å². The van der Waals surface area contributed by atoms with Crippen LogP contribution < -0.4 is 0 Å². The molecule has 106 valence electrons. The summed E-state index contributed by atoms with van der Waals surface area (Å²) in [5.41, 5.74) is 1.97. The van der Waals surface area contributed by atoms with Gasteiger partial charge in [-0.15, -0.1) is 0 Å². The number of allylic oxidation sites excluding steroid dienone is 1. The molecule has 0 aromatic heterocycles. The first-order valence-electron chi connectivity index (χ1n) is 6.96. The van der Waals surface area contributed by atoms with E-state index in [9.17, 15) is 14.7 Å². The number of amides is 1. The number of ketones is 1. The Bertz CT molecular complexity index is 445. The topological polar surface area (TPSA) is 57.6 Å². The zero-order valence-corrected chi connectivity index (χ0v) is 12.2. The van der Waals surface area contributed by atoms with Crippen LogP contribution in [0.15, 0.2) is 11.1 Å². The Kier molecular flexibility index (Phi) is 3.45. The first-order valence-corrected chi connectivity index (χ1v) is 6.96. The van der Waals surface area contributed by atoms with E-state index in [1.807, 2.05) is 6.92 Å². The van der Waals surface area contributed by atoms with Crippen LogP contribution in [0.4, 0.5) is 4.79 Å². The molecule has 2 rings (SSSR count). The third-order valence-corrected chi connectivity index (χ3v) is 4.50. The van der Waals surface area contributed by atoms with Crippen molar-refractivity contribution in [2.75, 3.05) is 6.54 Å². The fraction of sp³-hybridized carbons (Fsp3) is 0.733. The molecule has 0 spiro atoms. The van der Waals surface area contributed by atoms with Gasteiger partial charge in [-0.05, 0) is 30.8 Å². The number of fused-ring (bicyclic) bond motifs is 1. The second kappa shape index (κ2) is 4.66. The largest absolute Gasteiger partial charge is 0.465 e. The van der Waals surface area contributed by atoms with Crippen molar-refractivity contribution < 1.29 is 14.7 Å². The van der Waals surface area contributed by atoms with Gasteiger partial charge < -0.3 is 10.0 Å². The normalized spacial score (nSPS) is 28.4. The molecule has 0 saturated carbocycles. The number of hydrogen-bond donors (Lipinski definition) is 1. The van der Waals surface area contributed by atoms with Crippen LogP contribution in [0.1, 0.15) is 47.0 Å². The predicted octanol–water partition coefficient (Wildman–Crippen LogP) is 3.08. The van der Waals surface area contributed by atoms with Crippen molar-refractivity contribution in [3.05, 3.63) is 11.1 Å². The van der Waals surface area contributed by atoms with Gasteiger partial charge in [0.2, 0.25) is 0 Å². The van der Waals surface area contributed by atoms with Crippen molar-refractivity contribution >= 4 is 11.9 Å². The van der Waals surface area contributed by atoms with Crippen LogP contribution in [0.2, 0.25) is 0 Å². The van der Waals surface area contributed by atoms with Gasteiger partial charge >= 0.3 is 6.09 Å². The van der Waals surface area contributed by atoms with E-state index in [1.54, 1.807) is 4.90 Å². The molecule has 1 aliphatic heterocycles. The number of nitrogens with zero attached hydrogens (tertiary/aromatic N) is 1.